The van der Waals surface area contributed by atoms with Crippen LogP contribution in [0.25, 0.3) is 0 Å². The second-order valence-corrected chi connectivity index (χ2v) is 6.08. The van der Waals surface area contributed by atoms with Crippen molar-refractivity contribution in [2.45, 2.75) is 51.5 Å². The monoisotopic (exact) mass is 289 g/mol. The molecule has 0 saturated heterocycles. The standard InChI is InChI=1S/C17H27N3O/c1-13(19-12-11-14-5-3-2-4-6-14)15-7-9-16(10-8-15)20-17(18)21/h7-10,13-14,19H,2-6,11-12H2,1H3,(H3,18,20,21). The van der Waals surface area contributed by atoms with Crippen molar-refractivity contribution in [1.82, 2.24) is 5.32 Å². The summed E-state index contributed by atoms with van der Waals surface area (Å²) >= 11 is 0. The van der Waals surface area contributed by atoms with Crippen molar-refractivity contribution in [2.75, 3.05) is 11.9 Å². The van der Waals surface area contributed by atoms with Crippen molar-refractivity contribution in [3.63, 3.8) is 0 Å². The SMILES string of the molecule is CC(NCCC1CCCCC1)c1ccc(NC(N)=O)cc1. The Bertz CT molecular complexity index is 438. The zero-order chi connectivity index (χ0) is 15.1. The molecule has 116 valence electrons. The van der Waals surface area contributed by atoms with Crippen LogP contribution in [0.15, 0.2) is 24.3 Å². The van der Waals surface area contributed by atoms with Crippen LogP contribution in [0.1, 0.15) is 57.1 Å². The number of urea groups is 1. The van der Waals surface area contributed by atoms with Gasteiger partial charge in [0.05, 0.1) is 0 Å². The van der Waals surface area contributed by atoms with E-state index in [4.69, 9.17) is 5.73 Å². The number of primary amides is 1. The van der Waals surface area contributed by atoms with Gasteiger partial charge >= 0.3 is 6.03 Å². The van der Waals surface area contributed by atoms with Gasteiger partial charge in [0.15, 0.2) is 0 Å². The Labute approximate surface area is 127 Å². The molecule has 4 nitrogen and oxygen atoms in total. The summed E-state index contributed by atoms with van der Waals surface area (Å²) in [4.78, 5) is 10.8. The van der Waals surface area contributed by atoms with E-state index in [0.29, 0.717) is 6.04 Å². The van der Waals surface area contributed by atoms with Crippen molar-refractivity contribution < 1.29 is 4.79 Å². The topological polar surface area (TPSA) is 67.2 Å². The fourth-order valence-electron chi connectivity index (χ4n) is 3.10. The first-order chi connectivity index (χ1) is 10.1. The Morgan fingerprint density at radius 1 is 1.24 bits per heavy atom. The van der Waals surface area contributed by atoms with Crippen molar-refractivity contribution in [3.8, 4) is 0 Å². The van der Waals surface area contributed by atoms with Crippen molar-refractivity contribution in [2.24, 2.45) is 11.7 Å². The zero-order valence-electron chi connectivity index (χ0n) is 12.9. The van der Waals surface area contributed by atoms with Gasteiger partial charge in [-0.1, -0.05) is 44.2 Å². The normalized spacial score (nSPS) is 17.4. The Morgan fingerprint density at radius 3 is 2.52 bits per heavy atom. The highest BCUT2D eigenvalue weighted by atomic mass is 16.2. The minimum Gasteiger partial charge on any atom is -0.351 e. The average molecular weight is 289 g/mol. The molecule has 0 spiro atoms. The lowest BCUT2D eigenvalue weighted by molar-refractivity contribution is 0.259. The highest BCUT2D eigenvalue weighted by Gasteiger charge is 2.13. The van der Waals surface area contributed by atoms with E-state index in [1.54, 1.807) is 0 Å². The molecule has 1 unspecified atom stereocenters. The number of hydrogen-bond donors (Lipinski definition) is 3. The van der Waals surface area contributed by atoms with E-state index in [-0.39, 0.29) is 0 Å². The molecule has 4 N–H and O–H groups in total. The van der Waals surface area contributed by atoms with Crippen LogP contribution in [-0.4, -0.2) is 12.6 Å². The maximum atomic E-state index is 10.8. The minimum atomic E-state index is -0.526. The van der Waals surface area contributed by atoms with Gasteiger partial charge in [-0.15, -0.1) is 0 Å². The molecule has 1 saturated carbocycles. The van der Waals surface area contributed by atoms with Crippen molar-refractivity contribution >= 4 is 11.7 Å². The molecule has 0 radical (unpaired) electrons. The number of anilines is 1. The number of carbonyl (C=O) groups excluding carboxylic acids is 1. The molecule has 0 heterocycles. The second-order valence-electron chi connectivity index (χ2n) is 6.08. The minimum absolute atomic E-state index is 0.330. The molecule has 2 rings (SSSR count). The number of benzene rings is 1. The smallest absolute Gasteiger partial charge is 0.316 e. The molecule has 21 heavy (non-hydrogen) atoms. The molecule has 4 heteroatoms. The molecule has 1 aromatic carbocycles. The number of nitrogens with two attached hydrogens (primary N) is 1. The summed E-state index contributed by atoms with van der Waals surface area (Å²) in [6.45, 7) is 3.25. The molecule has 2 amide bonds. The van der Waals surface area contributed by atoms with E-state index in [2.05, 4.69) is 17.6 Å². The molecule has 1 aliphatic rings. The van der Waals surface area contributed by atoms with Crippen LogP contribution >= 0.6 is 0 Å². The van der Waals surface area contributed by atoms with Gasteiger partial charge in [-0.25, -0.2) is 4.79 Å². The zero-order valence-corrected chi connectivity index (χ0v) is 12.9. The van der Waals surface area contributed by atoms with E-state index in [1.165, 1.54) is 44.1 Å². The van der Waals surface area contributed by atoms with Gasteiger partial charge in [-0.2, -0.15) is 0 Å². The van der Waals surface area contributed by atoms with Gasteiger partial charge in [0.2, 0.25) is 0 Å². The summed E-state index contributed by atoms with van der Waals surface area (Å²) in [5, 5.41) is 6.17. The summed E-state index contributed by atoms with van der Waals surface area (Å²) in [7, 11) is 0. The number of rotatable bonds is 6. The third kappa shape index (κ3) is 5.38. The molecular formula is C17H27N3O. The number of carbonyl (C=O) groups is 1. The molecule has 0 aromatic heterocycles. The summed E-state index contributed by atoms with van der Waals surface area (Å²) in [5.74, 6) is 0.917. The van der Waals surface area contributed by atoms with Crippen LogP contribution in [0, 0.1) is 5.92 Å². The van der Waals surface area contributed by atoms with Crippen LogP contribution in [0.4, 0.5) is 10.5 Å². The predicted molar refractivity (Wildman–Crippen MR) is 87.3 cm³/mol. The predicted octanol–water partition coefficient (Wildman–Crippen LogP) is 3.80. The molecule has 1 aliphatic carbocycles. The van der Waals surface area contributed by atoms with Crippen LogP contribution in [0.2, 0.25) is 0 Å². The van der Waals surface area contributed by atoms with Gasteiger partial charge in [-0.05, 0) is 43.5 Å². The van der Waals surface area contributed by atoms with Crippen molar-refractivity contribution in [3.05, 3.63) is 29.8 Å². The molecule has 1 fully saturated rings. The summed E-state index contributed by atoms with van der Waals surface area (Å²) in [6, 6.07) is 7.64. The molecule has 0 aliphatic heterocycles. The quantitative estimate of drug-likeness (QED) is 0.745. The van der Waals surface area contributed by atoms with Crippen LogP contribution in [0.5, 0.6) is 0 Å². The Hall–Kier alpha value is -1.55. The van der Waals surface area contributed by atoms with Crippen LogP contribution in [0.3, 0.4) is 0 Å². The van der Waals surface area contributed by atoms with E-state index in [9.17, 15) is 4.79 Å². The maximum Gasteiger partial charge on any atom is 0.316 e. The third-order valence-corrected chi connectivity index (χ3v) is 4.41. The van der Waals surface area contributed by atoms with Crippen molar-refractivity contribution in [1.29, 1.82) is 0 Å². The highest BCUT2D eigenvalue weighted by molar-refractivity contribution is 5.87. The van der Waals surface area contributed by atoms with E-state index >= 15 is 0 Å². The summed E-state index contributed by atoms with van der Waals surface area (Å²) in [6.07, 6.45) is 8.34. The lowest BCUT2D eigenvalue weighted by Crippen LogP contribution is -2.23. The molecule has 1 atom stereocenters. The largest absolute Gasteiger partial charge is 0.351 e. The Morgan fingerprint density at radius 2 is 1.90 bits per heavy atom. The molecule has 1 aromatic rings. The van der Waals surface area contributed by atoms with Gasteiger partial charge in [0.1, 0.15) is 0 Å². The lowest BCUT2D eigenvalue weighted by atomic mass is 9.87. The van der Waals surface area contributed by atoms with Crippen LogP contribution < -0.4 is 16.4 Å². The summed E-state index contributed by atoms with van der Waals surface area (Å²) < 4.78 is 0. The van der Waals surface area contributed by atoms with E-state index < -0.39 is 6.03 Å². The summed E-state index contributed by atoms with van der Waals surface area (Å²) in [5.41, 5.74) is 7.06. The second kappa shape index (κ2) is 8.03. The van der Waals surface area contributed by atoms with Gasteiger partial charge in [0, 0.05) is 11.7 Å². The lowest BCUT2D eigenvalue weighted by Gasteiger charge is -2.22. The van der Waals surface area contributed by atoms with Crippen LogP contribution in [-0.2, 0) is 0 Å². The number of hydrogen-bond acceptors (Lipinski definition) is 2. The number of nitrogens with one attached hydrogen (secondary N) is 2. The van der Waals surface area contributed by atoms with Gasteiger partial charge in [0.25, 0.3) is 0 Å². The first-order valence-electron chi connectivity index (χ1n) is 8.05. The first kappa shape index (κ1) is 15.8. The number of amides is 2. The fraction of sp³-hybridized carbons (Fsp3) is 0.588. The maximum absolute atomic E-state index is 10.8. The first-order valence-corrected chi connectivity index (χ1v) is 8.05. The molecular weight excluding hydrogens is 262 g/mol. The van der Waals surface area contributed by atoms with E-state index in [0.717, 1.165) is 18.2 Å². The van der Waals surface area contributed by atoms with E-state index in [1.807, 2.05) is 24.3 Å². The van der Waals surface area contributed by atoms with Gasteiger partial charge in [-0.3, -0.25) is 0 Å². The highest BCUT2D eigenvalue weighted by Crippen LogP contribution is 2.26. The fourth-order valence-corrected chi connectivity index (χ4v) is 3.10. The Balaban J connectivity index is 1.74. The molecule has 0 bridgehead atoms. The van der Waals surface area contributed by atoms with Gasteiger partial charge < -0.3 is 16.4 Å². The average Bonchev–Trinajstić information content (AvgIpc) is 2.48. The Kier molecular flexibility index (Phi) is 6.05. The third-order valence-electron chi connectivity index (χ3n) is 4.41.